The molecular formula is C10H14ClNO. The van der Waals surface area contributed by atoms with Crippen LogP contribution >= 0.6 is 12.4 Å². The van der Waals surface area contributed by atoms with Crippen LogP contribution in [0, 0.1) is 0 Å². The zero-order chi connectivity index (χ0) is 8.97. The summed E-state index contributed by atoms with van der Waals surface area (Å²) < 4.78 is 5.14. The summed E-state index contributed by atoms with van der Waals surface area (Å²) in [6.07, 6.45) is 1.69. The van der Waals surface area contributed by atoms with Crippen LogP contribution in [-0.2, 0) is 0 Å². The number of para-hydroxylation sites is 1. The average molecular weight is 200 g/mol. The number of benzene rings is 1. The Kier molecular flexibility index (Phi) is 5.19. The van der Waals surface area contributed by atoms with Crippen molar-refractivity contribution < 1.29 is 4.74 Å². The summed E-state index contributed by atoms with van der Waals surface area (Å²) in [5.74, 6) is 0.810. The fraction of sp³-hybridized carbons (Fsp3) is 0.200. The molecule has 0 aliphatic rings. The minimum absolute atomic E-state index is 0. The Morgan fingerprint density at radius 1 is 1.46 bits per heavy atom. The van der Waals surface area contributed by atoms with E-state index in [1.807, 2.05) is 24.3 Å². The van der Waals surface area contributed by atoms with Crippen molar-refractivity contribution >= 4 is 12.4 Å². The third-order valence-corrected chi connectivity index (χ3v) is 1.75. The maximum absolute atomic E-state index is 5.77. The molecule has 1 rings (SSSR count). The van der Waals surface area contributed by atoms with E-state index in [0.29, 0.717) is 0 Å². The predicted octanol–water partition coefficient (Wildman–Crippen LogP) is 2.30. The van der Waals surface area contributed by atoms with Crippen LogP contribution in [-0.4, -0.2) is 7.11 Å². The first-order valence-corrected chi connectivity index (χ1v) is 3.80. The van der Waals surface area contributed by atoms with Crippen molar-refractivity contribution in [1.82, 2.24) is 0 Å². The largest absolute Gasteiger partial charge is 0.496 e. The van der Waals surface area contributed by atoms with Crippen LogP contribution < -0.4 is 10.5 Å². The van der Waals surface area contributed by atoms with Crippen molar-refractivity contribution in [3.63, 3.8) is 0 Å². The van der Waals surface area contributed by atoms with Crippen LogP contribution in [0.15, 0.2) is 36.9 Å². The Morgan fingerprint density at radius 2 is 2.08 bits per heavy atom. The van der Waals surface area contributed by atoms with Crippen LogP contribution in [0.4, 0.5) is 0 Å². The van der Waals surface area contributed by atoms with Gasteiger partial charge in [0.05, 0.1) is 13.2 Å². The first-order chi connectivity index (χ1) is 5.79. The van der Waals surface area contributed by atoms with Gasteiger partial charge in [-0.2, -0.15) is 0 Å². The number of halogens is 1. The number of hydrogen-bond donors (Lipinski definition) is 1. The van der Waals surface area contributed by atoms with Gasteiger partial charge in [0.25, 0.3) is 0 Å². The number of hydrogen-bond acceptors (Lipinski definition) is 2. The van der Waals surface area contributed by atoms with Crippen molar-refractivity contribution in [1.29, 1.82) is 0 Å². The zero-order valence-corrected chi connectivity index (χ0v) is 8.38. The fourth-order valence-corrected chi connectivity index (χ4v) is 1.07. The quantitative estimate of drug-likeness (QED) is 0.759. The molecule has 0 saturated carbocycles. The smallest absolute Gasteiger partial charge is 0.123 e. The molecule has 0 aromatic heterocycles. The highest BCUT2D eigenvalue weighted by Crippen LogP contribution is 2.23. The van der Waals surface area contributed by atoms with Gasteiger partial charge in [-0.25, -0.2) is 0 Å². The number of ether oxygens (including phenoxy) is 1. The fourth-order valence-electron chi connectivity index (χ4n) is 1.07. The number of methoxy groups -OCH3 is 1. The summed E-state index contributed by atoms with van der Waals surface area (Å²) in [4.78, 5) is 0. The second-order valence-corrected chi connectivity index (χ2v) is 2.50. The standard InChI is InChI=1S/C10H13NO.ClH/c1-3-9(11)8-6-4-5-7-10(8)12-2;/h3-7,9H,1,11H2,2H3;1H/t9-;/m0./s1. The Hall–Kier alpha value is -0.990. The van der Waals surface area contributed by atoms with Gasteiger partial charge in [0.2, 0.25) is 0 Å². The molecule has 1 aromatic carbocycles. The van der Waals surface area contributed by atoms with E-state index in [-0.39, 0.29) is 18.4 Å². The number of rotatable bonds is 3. The lowest BCUT2D eigenvalue weighted by Crippen LogP contribution is -2.07. The van der Waals surface area contributed by atoms with Gasteiger partial charge in [0.1, 0.15) is 5.75 Å². The van der Waals surface area contributed by atoms with Gasteiger partial charge in [-0.3, -0.25) is 0 Å². The summed E-state index contributed by atoms with van der Waals surface area (Å²) in [7, 11) is 1.63. The van der Waals surface area contributed by atoms with Crippen LogP contribution in [0.3, 0.4) is 0 Å². The summed E-state index contributed by atoms with van der Waals surface area (Å²) >= 11 is 0. The van der Waals surface area contributed by atoms with E-state index >= 15 is 0 Å². The van der Waals surface area contributed by atoms with Crippen molar-refractivity contribution in [3.05, 3.63) is 42.5 Å². The highest BCUT2D eigenvalue weighted by atomic mass is 35.5. The molecule has 0 bridgehead atoms. The molecule has 0 radical (unpaired) electrons. The van der Waals surface area contributed by atoms with Gasteiger partial charge in [-0.15, -0.1) is 19.0 Å². The lowest BCUT2D eigenvalue weighted by molar-refractivity contribution is 0.408. The Bertz CT molecular complexity index is 275. The first-order valence-electron chi connectivity index (χ1n) is 3.80. The second-order valence-electron chi connectivity index (χ2n) is 2.50. The van der Waals surface area contributed by atoms with Crippen LogP contribution in [0.5, 0.6) is 5.75 Å². The van der Waals surface area contributed by atoms with Crippen molar-refractivity contribution in [2.75, 3.05) is 7.11 Å². The van der Waals surface area contributed by atoms with E-state index in [4.69, 9.17) is 10.5 Å². The SMILES string of the molecule is C=C[C@H](N)c1ccccc1OC.Cl. The molecule has 1 aromatic rings. The average Bonchev–Trinajstić information content (AvgIpc) is 2.16. The summed E-state index contributed by atoms with van der Waals surface area (Å²) in [6, 6.07) is 7.52. The van der Waals surface area contributed by atoms with Crippen molar-refractivity contribution in [2.24, 2.45) is 5.73 Å². The molecule has 0 heterocycles. The van der Waals surface area contributed by atoms with E-state index in [9.17, 15) is 0 Å². The van der Waals surface area contributed by atoms with Gasteiger partial charge < -0.3 is 10.5 Å². The molecule has 2 N–H and O–H groups in total. The van der Waals surface area contributed by atoms with Crippen LogP contribution in [0.25, 0.3) is 0 Å². The van der Waals surface area contributed by atoms with Gasteiger partial charge in [0.15, 0.2) is 0 Å². The zero-order valence-electron chi connectivity index (χ0n) is 7.57. The lowest BCUT2D eigenvalue weighted by Gasteiger charge is -2.10. The lowest BCUT2D eigenvalue weighted by atomic mass is 10.1. The molecule has 0 saturated heterocycles. The highest BCUT2D eigenvalue weighted by Gasteiger charge is 2.06. The Morgan fingerprint density at radius 3 is 2.62 bits per heavy atom. The number of nitrogens with two attached hydrogens (primary N) is 1. The molecule has 72 valence electrons. The topological polar surface area (TPSA) is 35.2 Å². The molecule has 0 unspecified atom stereocenters. The highest BCUT2D eigenvalue weighted by molar-refractivity contribution is 5.85. The molecule has 0 amide bonds. The van der Waals surface area contributed by atoms with Gasteiger partial charge in [-0.05, 0) is 6.07 Å². The molecule has 13 heavy (non-hydrogen) atoms. The Balaban J connectivity index is 0.00000144. The monoisotopic (exact) mass is 199 g/mol. The maximum atomic E-state index is 5.77. The van der Waals surface area contributed by atoms with Gasteiger partial charge in [-0.1, -0.05) is 24.3 Å². The normalized spacial score (nSPS) is 11.2. The maximum Gasteiger partial charge on any atom is 0.123 e. The Labute approximate surface area is 84.8 Å². The molecule has 0 aliphatic heterocycles. The summed E-state index contributed by atoms with van der Waals surface area (Å²) in [6.45, 7) is 3.63. The van der Waals surface area contributed by atoms with E-state index in [2.05, 4.69) is 6.58 Å². The van der Waals surface area contributed by atoms with Crippen molar-refractivity contribution in [3.8, 4) is 5.75 Å². The molecule has 1 atom stereocenters. The van der Waals surface area contributed by atoms with E-state index in [1.165, 1.54) is 0 Å². The van der Waals surface area contributed by atoms with E-state index in [0.717, 1.165) is 11.3 Å². The van der Waals surface area contributed by atoms with Crippen LogP contribution in [0.1, 0.15) is 11.6 Å². The third-order valence-electron chi connectivity index (χ3n) is 1.75. The minimum atomic E-state index is -0.152. The van der Waals surface area contributed by atoms with E-state index < -0.39 is 0 Å². The molecular weight excluding hydrogens is 186 g/mol. The minimum Gasteiger partial charge on any atom is -0.496 e. The van der Waals surface area contributed by atoms with Gasteiger partial charge >= 0.3 is 0 Å². The predicted molar refractivity (Wildman–Crippen MR) is 57.4 cm³/mol. The van der Waals surface area contributed by atoms with E-state index in [1.54, 1.807) is 13.2 Å². The third kappa shape index (κ3) is 2.76. The van der Waals surface area contributed by atoms with Crippen molar-refractivity contribution in [2.45, 2.75) is 6.04 Å². The summed E-state index contributed by atoms with van der Waals surface area (Å²) in [5.41, 5.74) is 6.74. The molecule has 0 aliphatic carbocycles. The molecule has 2 nitrogen and oxygen atoms in total. The second kappa shape index (κ2) is 5.62. The molecule has 0 fully saturated rings. The molecule has 3 heteroatoms. The van der Waals surface area contributed by atoms with Gasteiger partial charge in [0, 0.05) is 5.56 Å². The van der Waals surface area contributed by atoms with Crippen LogP contribution in [0.2, 0.25) is 0 Å². The molecule has 0 spiro atoms. The summed E-state index contributed by atoms with van der Waals surface area (Å²) in [5, 5.41) is 0. The first kappa shape index (κ1) is 12.0.